The zero-order valence-corrected chi connectivity index (χ0v) is 13.6. The molecule has 0 aromatic heterocycles. The predicted molar refractivity (Wildman–Crippen MR) is 94.0 cm³/mol. The molecule has 2 aromatic carbocycles. The SMILES string of the molecule is C=CCOc1ccc(/C=C/C(=O)OC)c(OCc2ccccc2)c1. The van der Waals surface area contributed by atoms with E-state index in [1.165, 1.54) is 13.2 Å². The molecule has 2 aromatic rings. The van der Waals surface area contributed by atoms with Crippen LogP contribution < -0.4 is 9.47 Å². The number of ether oxygens (including phenoxy) is 3. The van der Waals surface area contributed by atoms with E-state index in [2.05, 4.69) is 11.3 Å². The summed E-state index contributed by atoms with van der Waals surface area (Å²) in [6, 6.07) is 15.3. The van der Waals surface area contributed by atoms with E-state index in [4.69, 9.17) is 9.47 Å². The second-order valence-corrected chi connectivity index (χ2v) is 4.93. The molecule has 0 saturated heterocycles. The first-order valence-electron chi connectivity index (χ1n) is 7.53. The Morgan fingerprint density at radius 3 is 2.62 bits per heavy atom. The highest BCUT2D eigenvalue weighted by molar-refractivity contribution is 5.87. The van der Waals surface area contributed by atoms with Crippen molar-refractivity contribution < 1.29 is 19.0 Å². The van der Waals surface area contributed by atoms with Crippen LogP contribution in [0.3, 0.4) is 0 Å². The third-order valence-corrected chi connectivity index (χ3v) is 3.19. The van der Waals surface area contributed by atoms with Gasteiger partial charge in [0, 0.05) is 17.7 Å². The zero-order chi connectivity index (χ0) is 17.2. The average molecular weight is 324 g/mol. The average Bonchev–Trinajstić information content (AvgIpc) is 2.64. The van der Waals surface area contributed by atoms with Gasteiger partial charge in [-0.1, -0.05) is 43.0 Å². The summed E-state index contributed by atoms with van der Waals surface area (Å²) < 4.78 is 16.1. The van der Waals surface area contributed by atoms with E-state index >= 15 is 0 Å². The van der Waals surface area contributed by atoms with Crippen molar-refractivity contribution in [2.45, 2.75) is 6.61 Å². The first kappa shape index (κ1) is 17.3. The van der Waals surface area contributed by atoms with Crippen molar-refractivity contribution in [3.05, 3.63) is 78.4 Å². The molecule has 4 nitrogen and oxygen atoms in total. The molecule has 0 aliphatic rings. The fraction of sp³-hybridized carbons (Fsp3) is 0.150. The van der Waals surface area contributed by atoms with Gasteiger partial charge in [-0.3, -0.25) is 0 Å². The van der Waals surface area contributed by atoms with Crippen molar-refractivity contribution in [2.75, 3.05) is 13.7 Å². The molecule has 24 heavy (non-hydrogen) atoms. The molecular weight excluding hydrogens is 304 g/mol. The van der Waals surface area contributed by atoms with Crippen LogP contribution in [0.5, 0.6) is 11.5 Å². The molecule has 0 heterocycles. The third-order valence-electron chi connectivity index (χ3n) is 3.19. The molecule has 0 unspecified atom stereocenters. The van der Waals surface area contributed by atoms with Gasteiger partial charge in [0.05, 0.1) is 7.11 Å². The maximum atomic E-state index is 11.3. The fourth-order valence-electron chi connectivity index (χ4n) is 1.98. The maximum Gasteiger partial charge on any atom is 0.330 e. The summed E-state index contributed by atoms with van der Waals surface area (Å²) in [6.07, 6.45) is 4.69. The molecular formula is C20H20O4. The number of hydrogen-bond acceptors (Lipinski definition) is 4. The Hall–Kier alpha value is -3.01. The van der Waals surface area contributed by atoms with Crippen molar-refractivity contribution in [1.29, 1.82) is 0 Å². The van der Waals surface area contributed by atoms with E-state index in [0.29, 0.717) is 24.7 Å². The number of benzene rings is 2. The van der Waals surface area contributed by atoms with E-state index in [1.807, 2.05) is 42.5 Å². The molecule has 0 radical (unpaired) electrons. The lowest BCUT2D eigenvalue weighted by molar-refractivity contribution is -0.134. The van der Waals surface area contributed by atoms with Crippen molar-refractivity contribution in [3.8, 4) is 11.5 Å². The van der Waals surface area contributed by atoms with E-state index in [-0.39, 0.29) is 0 Å². The fourth-order valence-corrected chi connectivity index (χ4v) is 1.98. The molecule has 0 aliphatic carbocycles. The van der Waals surface area contributed by atoms with Crippen LogP contribution in [0.4, 0.5) is 0 Å². The third kappa shape index (κ3) is 5.32. The first-order valence-corrected chi connectivity index (χ1v) is 7.53. The summed E-state index contributed by atoms with van der Waals surface area (Å²) in [4.78, 5) is 11.3. The molecule has 2 rings (SSSR count). The van der Waals surface area contributed by atoms with Crippen molar-refractivity contribution in [3.63, 3.8) is 0 Å². The van der Waals surface area contributed by atoms with Gasteiger partial charge in [-0.05, 0) is 23.8 Å². The van der Waals surface area contributed by atoms with Crippen molar-refractivity contribution in [1.82, 2.24) is 0 Å². The maximum absolute atomic E-state index is 11.3. The molecule has 124 valence electrons. The van der Waals surface area contributed by atoms with E-state index in [1.54, 1.807) is 18.2 Å². The van der Waals surface area contributed by atoms with Crippen LogP contribution >= 0.6 is 0 Å². The topological polar surface area (TPSA) is 44.8 Å². The van der Waals surface area contributed by atoms with Crippen LogP contribution in [0, 0.1) is 0 Å². The number of hydrogen-bond donors (Lipinski definition) is 0. The zero-order valence-electron chi connectivity index (χ0n) is 13.6. The van der Waals surface area contributed by atoms with Crippen LogP contribution in [-0.2, 0) is 16.1 Å². The quantitative estimate of drug-likeness (QED) is 0.418. The standard InChI is InChI=1S/C20H20O4/c1-3-13-23-18-11-9-17(10-12-20(21)22-2)19(14-18)24-15-16-7-5-4-6-8-16/h3-12,14H,1,13,15H2,2H3/b12-10+. The highest BCUT2D eigenvalue weighted by Crippen LogP contribution is 2.27. The summed E-state index contributed by atoms with van der Waals surface area (Å²) in [7, 11) is 1.34. The van der Waals surface area contributed by atoms with Crippen LogP contribution in [0.15, 0.2) is 67.3 Å². The molecule has 0 atom stereocenters. The van der Waals surface area contributed by atoms with E-state index < -0.39 is 5.97 Å². The lowest BCUT2D eigenvalue weighted by Gasteiger charge is -2.12. The van der Waals surface area contributed by atoms with Crippen molar-refractivity contribution >= 4 is 12.0 Å². The van der Waals surface area contributed by atoms with Crippen LogP contribution in [0.2, 0.25) is 0 Å². The smallest absolute Gasteiger partial charge is 0.330 e. The summed E-state index contributed by atoms with van der Waals surface area (Å²) in [6.45, 7) is 4.46. The minimum atomic E-state index is -0.420. The number of methoxy groups -OCH3 is 1. The molecule has 0 saturated carbocycles. The van der Waals surface area contributed by atoms with Gasteiger partial charge in [-0.25, -0.2) is 4.79 Å². The normalized spacial score (nSPS) is 10.4. The molecule has 0 spiro atoms. The van der Waals surface area contributed by atoms with Gasteiger partial charge in [0.15, 0.2) is 0 Å². The van der Waals surface area contributed by atoms with Crippen LogP contribution in [0.25, 0.3) is 6.08 Å². The molecule has 0 fully saturated rings. The Morgan fingerprint density at radius 1 is 1.12 bits per heavy atom. The highest BCUT2D eigenvalue weighted by atomic mass is 16.5. The van der Waals surface area contributed by atoms with Crippen molar-refractivity contribution in [2.24, 2.45) is 0 Å². The largest absolute Gasteiger partial charge is 0.489 e. The summed E-state index contributed by atoms with van der Waals surface area (Å²) in [5.74, 6) is 0.879. The number of carbonyl (C=O) groups is 1. The van der Waals surface area contributed by atoms with Gasteiger partial charge in [0.2, 0.25) is 0 Å². The summed E-state index contributed by atoms with van der Waals surface area (Å²) in [5, 5.41) is 0. The second-order valence-electron chi connectivity index (χ2n) is 4.93. The van der Waals surface area contributed by atoms with Crippen LogP contribution in [0.1, 0.15) is 11.1 Å². The Bertz CT molecular complexity index is 705. The minimum absolute atomic E-state index is 0.412. The van der Waals surface area contributed by atoms with E-state index in [0.717, 1.165) is 11.1 Å². The lowest BCUT2D eigenvalue weighted by Crippen LogP contribution is -1.99. The van der Waals surface area contributed by atoms with Gasteiger partial charge < -0.3 is 14.2 Å². The summed E-state index contributed by atoms with van der Waals surface area (Å²) >= 11 is 0. The number of esters is 1. The van der Waals surface area contributed by atoms with Gasteiger partial charge in [-0.15, -0.1) is 0 Å². The van der Waals surface area contributed by atoms with Gasteiger partial charge in [0.25, 0.3) is 0 Å². The monoisotopic (exact) mass is 324 g/mol. The number of carbonyl (C=O) groups excluding carboxylic acids is 1. The predicted octanol–water partition coefficient (Wildman–Crippen LogP) is 4.02. The molecule has 0 amide bonds. The highest BCUT2D eigenvalue weighted by Gasteiger charge is 2.06. The number of rotatable bonds is 8. The first-order chi connectivity index (χ1) is 11.7. The summed E-state index contributed by atoms with van der Waals surface area (Å²) in [5.41, 5.74) is 1.82. The lowest BCUT2D eigenvalue weighted by atomic mass is 10.1. The molecule has 0 aliphatic heterocycles. The Labute approximate surface area is 142 Å². The Morgan fingerprint density at radius 2 is 1.92 bits per heavy atom. The van der Waals surface area contributed by atoms with Crippen LogP contribution in [-0.4, -0.2) is 19.7 Å². The molecule has 0 bridgehead atoms. The van der Waals surface area contributed by atoms with Gasteiger partial charge in [0.1, 0.15) is 24.7 Å². The van der Waals surface area contributed by atoms with E-state index in [9.17, 15) is 4.79 Å². The van der Waals surface area contributed by atoms with Gasteiger partial charge in [-0.2, -0.15) is 0 Å². The molecule has 0 N–H and O–H groups in total. The Kier molecular flexibility index (Phi) is 6.65. The van der Waals surface area contributed by atoms with Gasteiger partial charge >= 0.3 is 5.97 Å². The molecule has 4 heteroatoms. The minimum Gasteiger partial charge on any atom is -0.489 e. The second kappa shape index (κ2) is 9.20. The Balaban J connectivity index is 2.20.